The highest BCUT2D eigenvalue weighted by Crippen LogP contribution is 2.28. The molecular formula is C13H16Cl2O5S. The summed E-state index contributed by atoms with van der Waals surface area (Å²) in [6.45, 7) is 4.38. The number of carbonyl (C=O) groups excluding carboxylic acids is 1. The molecule has 21 heavy (non-hydrogen) atoms. The lowest BCUT2D eigenvalue weighted by Crippen LogP contribution is -2.39. The van der Waals surface area contributed by atoms with Gasteiger partial charge in [-0.05, 0) is 32.9 Å². The van der Waals surface area contributed by atoms with Crippen molar-refractivity contribution in [2.75, 3.05) is 6.61 Å². The van der Waals surface area contributed by atoms with Crippen molar-refractivity contribution in [2.45, 2.75) is 32.1 Å². The molecule has 118 valence electrons. The number of hydrogen-bond donors (Lipinski definition) is 0. The van der Waals surface area contributed by atoms with Crippen molar-refractivity contribution in [3.05, 3.63) is 33.8 Å². The van der Waals surface area contributed by atoms with Crippen LogP contribution in [0.3, 0.4) is 0 Å². The van der Waals surface area contributed by atoms with Gasteiger partial charge in [0.1, 0.15) is 5.75 Å². The quantitative estimate of drug-likeness (QED) is 0.579. The Kier molecular flexibility index (Phi) is 6.04. The van der Waals surface area contributed by atoms with Crippen LogP contribution in [-0.4, -0.2) is 26.6 Å². The molecule has 1 aromatic carbocycles. The summed E-state index contributed by atoms with van der Waals surface area (Å²) in [5, 5.41) is 0.423. The number of esters is 1. The molecule has 0 unspecified atom stereocenters. The molecule has 0 N–H and O–H groups in total. The normalized spacial score (nSPS) is 12.2. The maximum atomic E-state index is 12.1. The van der Waals surface area contributed by atoms with Gasteiger partial charge in [-0.2, -0.15) is 8.42 Å². The third-order valence-corrected chi connectivity index (χ3v) is 4.51. The summed E-state index contributed by atoms with van der Waals surface area (Å²) in [6.07, 6.45) is 0. The van der Waals surface area contributed by atoms with Gasteiger partial charge in [0.15, 0.2) is 5.60 Å². The van der Waals surface area contributed by atoms with E-state index < -0.39 is 27.4 Å². The van der Waals surface area contributed by atoms with Crippen LogP contribution in [0.1, 0.15) is 26.3 Å². The number of halogens is 2. The van der Waals surface area contributed by atoms with Gasteiger partial charge in [-0.3, -0.25) is 4.18 Å². The van der Waals surface area contributed by atoms with E-state index in [2.05, 4.69) is 0 Å². The van der Waals surface area contributed by atoms with Gasteiger partial charge in [0.05, 0.1) is 6.61 Å². The van der Waals surface area contributed by atoms with Gasteiger partial charge < -0.3 is 4.74 Å². The maximum absolute atomic E-state index is 12.1. The predicted molar refractivity (Wildman–Crippen MR) is 80.9 cm³/mol. The van der Waals surface area contributed by atoms with E-state index in [0.717, 1.165) is 0 Å². The van der Waals surface area contributed by atoms with E-state index in [9.17, 15) is 13.2 Å². The van der Waals surface area contributed by atoms with Crippen molar-refractivity contribution >= 4 is 39.3 Å². The molecule has 5 nitrogen and oxygen atoms in total. The van der Waals surface area contributed by atoms with Crippen molar-refractivity contribution in [1.82, 2.24) is 0 Å². The first-order valence-electron chi connectivity index (χ1n) is 6.12. The predicted octanol–water partition coefficient (Wildman–Crippen LogP) is 3.18. The lowest BCUT2D eigenvalue weighted by atomic mass is 10.1. The van der Waals surface area contributed by atoms with Gasteiger partial charge in [-0.25, -0.2) is 4.79 Å². The van der Waals surface area contributed by atoms with E-state index in [4.69, 9.17) is 32.1 Å². The Morgan fingerprint density at radius 3 is 2.24 bits per heavy atom. The number of hydrogen-bond acceptors (Lipinski definition) is 5. The molecule has 0 aliphatic carbocycles. The minimum atomic E-state index is -4.07. The van der Waals surface area contributed by atoms with E-state index >= 15 is 0 Å². The summed E-state index contributed by atoms with van der Waals surface area (Å²) in [5.74, 6) is -1.30. The molecule has 0 atom stereocenters. The van der Waals surface area contributed by atoms with Crippen LogP contribution in [0.15, 0.2) is 18.2 Å². The standard InChI is InChI=1S/C13H16Cl2O5S/c1-4-19-12(16)13(2,3)20-21(17,18)8-9-10(14)6-5-7-11(9)15/h5-7H,4,8H2,1-3H3. The zero-order chi connectivity index (χ0) is 16.3. The summed E-state index contributed by atoms with van der Waals surface area (Å²) < 4.78 is 33.9. The monoisotopic (exact) mass is 354 g/mol. The fourth-order valence-corrected chi connectivity index (χ4v) is 3.65. The lowest BCUT2D eigenvalue weighted by molar-refractivity contribution is -0.158. The van der Waals surface area contributed by atoms with Crippen molar-refractivity contribution in [3.63, 3.8) is 0 Å². The van der Waals surface area contributed by atoms with Crippen LogP contribution < -0.4 is 0 Å². The summed E-state index contributed by atoms with van der Waals surface area (Å²) in [6, 6.07) is 4.65. The van der Waals surface area contributed by atoms with Crippen LogP contribution in [0.4, 0.5) is 0 Å². The first kappa shape index (κ1) is 18.2. The van der Waals surface area contributed by atoms with Gasteiger partial charge in [0, 0.05) is 15.6 Å². The fraction of sp³-hybridized carbons (Fsp3) is 0.462. The first-order valence-corrected chi connectivity index (χ1v) is 8.46. The highest BCUT2D eigenvalue weighted by molar-refractivity contribution is 7.86. The van der Waals surface area contributed by atoms with Crippen molar-refractivity contribution in [2.24, 2.45) is 0 Å². The van der Waals surface area contributed by atoms with Crippen molar-refractivity contribution in [3.8, 4) is 0 Å². The number of rotatable bonds is 6. The van der Waals surface area contributed by atoms with Crippen LogP contribution >= 0.6 is 23.2 Å². The maximum Gasteiger partial charge on any atom is 0.339 e. The zero-order valence-corrected chi connectivity index (χ0v) is 14.2. The molecule has 0 saturated carbocycles. The molecular weight excluding hydrogens is 339 g/mol. The Balaban J connectivity index is 2.95. The Labute approximate surface area is 134 Å². The molecule has 0 radical (unpaired) electrons. The highest BCUT2D eigenvalue weighted by Gasteiger charge is 2.36. The first-order chi connectivity index (χ1) is 9.59. The second kappa shape index (κ2) is 6.96. The molecule has 0 saturated heterocycles. The smallest absolute Gasteiger partial charge is 0.339 e. The lowest BCUT2D eigenvalue weighted by Gasteiger charge is -2.22. The average Bonchev–Trinajstić information content (AvgIpc) is 2.33. The molecule has 1 rings (SSSR count). The van der Waals surface area contributed by atoms with Gasteiger partial charge in [-0.1, -0.05) is 29.3 Å². The summed E-state index contributed by atoms with van der Waals surface area (Å²) >= 11 is 11.8. The third kappa shape index (κ3) is 5.14. The second-order valence-electron chi connectivity index (χ2n) is 4.72. The second-order valence-corrected chi connectivity index (χ2v) is 7.10. The van der Waals surface area contributed by atoms with Gasteiger partial charge in [0.2, 0.25) is 0 Å². The molecule has 0 amide bonds. The van der Waals surface area contributed by atoms with Crippen LogP contribution in [0.25, 0.3) is 0 Å². The van der Waals surface area contributed by atoms with Crippen molar-refractivity contribution in [1.29, 1.82) is 0 Å². The summed E-state index contributed by atoms with van der Waals surface area (Å²) in [5.41, 5.74) is -1.40. The molecule has 0 aromatic heterocycles. The van der Waals surface area contributed by atoms with Crippen LogP contribution in [0.5, 0.6) is 0 Å². The number of ether oxygens (including phenoxy) is 1. The van der Waals surface area contributed by atoms with Gasteiger partial charge in [0.25, 0.3) is 10.1 Å². The van der Waals surface area contributed by atoms with E-state index in [0.29, 0.717) is 0 Å². The molecule has 0 aliphatic rings. The zero-order valence-electron chi connectivity index (χ0n) is 11.9. The molecule has 0 fully saturated rings. The SMILES string of the molecule is CCOC(=O)C(C)(C)OS(=O)(=O)Cc1c(Cl)cccc1Cl. The van der Waals surface area contributed by atoms with E-state index in [1.165, 1.54) is 26.0 Å². The van der Waals surface area contributed by atoms with Gasteiger partial charge >= 0.3 is 5.97 Å². The Morgan fingerprint density at radius 2 is 1.76 bits per heavy atom. The Hall–Kier alpha value is -0.820. The van der Waals surface area contributed by atoms with E-state index in [1.54, 1.807) is 13.0 Å². The molecule has 0 bridgehead atoms. The summed E-state index contributed by atoms with van der Waals surface area (Å²) in [7, 11) is -4.07. The molecule has 1 aromatic rings. The third-order valence-electron chi connectivity index (χ3n) is 2.49. The Morgan fingerprint density at radius 1 is 1.24 bits per heavy atom. The molecule has 0 spiro atoms. The molecule has 0 aliphatic heterocycles. The average molecular weight is 355 g/mol. The Bertz CT molecular complexity index is 605. The number of carbonyl (C=O) groups is 1. The minimum absolute atomic E-state index is 0.127. The summed E-state index contributed by atoms with van der Waals surface area (Å²) in [4.78, 5) is 11.7. The van der Waals surface area contributed by atoms with E-state index in [1.807, 2.05) is 0 Å². The largest absolute Gasteiger partial charge is 0.464 e. The molecule has 8 heteroatoms. The number of benzene rings is 1. The van der Waals surface area contributed by atoms with E-state index in [-0.39, 0.29) is 22.2 Å². The van der Waals surface area contributed by atoms with Crippen molar-refractivity contribution < 1.29 is 22.1 Å². The fourth-order valence-electron chi connectivity index (χ4n) is 1.53. The van der Waals surface area contributed by atoms with Gasteiger partial charge in [-0.15, -0.1) is 0 Å². The van der Waals surface area contributed by atoms with Crippen LogP contribution in [0.2, 0.25) is 10.0 Å². The van der Waals surface area contributed by atoms with Crippen LogP contribution in [-0.2, 0) is 29.6 Å². The van der Waals surface area contributed by atoms with Crippen LogP contribution in [0, 0.1) is 0 Å². The topological polar surface area (TPSA) is 69.7 Å². The minimum Gasteiger partial charge on any atom is -0.464 e. The highest BCUT2D eigenvalue weighted by atomic mass is 35.5. The molecule has 0 heterocycles.